The molecule has 0 radical (unpaired) electrons. The van der Waals surface area contributed by atoms with Crippen molar-refractivity contribution in [3.63, 3.8) is 0 Å². The van der Waals surface area contributed by atoms with E-state index >= 15 is 0 Å². The molecule has 1 aromatic carbocycles. The molecule has 2 N–H and O–H groups in total. The molecule has 1 saturated heterocycles. The predicted molar refractivity (Wildman–Crippen MR) is 110 cm³/mol. The number of rotatable bonds is 9. The number of likely N-dealkylation sites (tertiary alicyclic amines) is 1. The molecule has 0 saturated carbocycles. The molecule has 1 fully saturated rings. The molecule has 1 aliphatic heterocycles. The smallest absolute Gasteiger partial charge is 0.307 e. The van der Waals surface area contributed by atoms with Gasteiger partial charge in [0.05, 0.1) is 19.1 Å². The van der Waals surface area contributed by atoms with Crippen molar-refractivity contribution in [3.8, 4) is 0 Å². The molecule has 27 heavy (non-hydrogen) atoms. The Morgan fingerprint density at radius 1 is 1.15 bits per heavy atom. The van der Waals surface area contributed by atoms with E-state index in [1.165, 1.54) is 37.1 Å². The highest BCUT2D eigenvalue weighted by Gasteiger charge is 2.11. The predicted octanol–water partition coefficient (Wildman–Crippen LogP) is 2.68. The lowest BCUT2D eigenvalue weighted by Gasteiger charge is -2.14. The topological polar surface area (TPSA) is 66.0 Å². The molecule has 2 rings (SSSR count). The lowest BCUT2D eigenvalue weighted by Crippen LogP contribution is -2.38. The Bertz CT molecular complexity index is 593. The lowest BCUT2D eigenvalue weighted by atomic mass is 10.1. The van der Waals surface area contributed by atoms with Crippen LogP contribution in [0.4, 0.5) is 0 Å². The number of esters is 1. The van der Waals surface area contributed by atoms with Gasteiger partial charge in [-0.1, -0.05) is 24.3 Å². The van der Waals surface area contributed by atoms with Crippen LogP contribution >= 0.6 is 0 Å². The van der Waals surface area contributed by atoms with Crippen LogP contribution < -0.4 is 10.6 Å². The molecule has 6 nitrogen and oxygen atoms in total. The van der Waals surface area contributed by atoms with Crippen molar-refractivity contribution in [2.45, 2.75) is 59.2 Å². The first-order valence-electron chi connectivity index (χ1n) is 10.1. The Hall–Kier alpha value is -2.08. The van der Waals surface area contributed by atoms with Gasteiger partial charge in [0.2, 0.25) is 0 Å². The maximum Gasteiger partial charge on any atom is 0.307 e. The number of aliphatic imine (C=N–C) groups is 1. The van der Waals surface area contributed by atoms with Gasteiger partial charge < -0.3 is 15.4 Å². The quantitative estimate of drug-likeness (QED) is 0.395. The van der Waals surface area contributed by atoms with Crippen molar-refractivity contribution in [2.75, 3.05) is 26.2 Å². The van der Waals surface area contributed by atoms with Gasteiger partial charge in [0, 0.05) is 19.6 Å². The highest BCUT2D eigenvalue weighted by Crippen LogP contribution is 2.13. The summed E-state index contributed by atoms with van der Waals surface area (Å²) in [6.45, 7) is 11.1. The molecule has 0 spiro atoms. The largest absolute Gasteiger partial charge is 0.463 e. The van der Waals surface area contributed by atoms with Crippen LogP contribution in [0.1, 0.15) is 51.2 Å². The molecule has 1 aromatic rings. The molecule has 1 aliphatic rings. The van der Waals surface area contributed by atoms with E-state index < -0.39 is 0 Å². The Balaban J connectivity index is 1.79. The fraction of sp³-hybridized carbons (Fsp3) is 0.619. The lowest BCUT2D eigenvalue weighted by molar-refractivity contribution is -0.147. The summed E-state index contributed by atoms with van der Waals surface area (Å²) >= 11 is 0. The zero-order valence-electron chi connectivity index (χ0n) is 17.0. The van der Waals surface area contributed by atoms with Crippen LogP contribution in [0.5, 0.6) is 0 Å². The van der Waals surface area contributed by atoms with Crippen LogP contribution in [0, 0.1) is 0 Å². The van der Waals surface area contributed by atoms with Crippen LogP contribution in [0.2, 0.25) is 0 Å². The van der Waals surface area contributed by atoms with Crippen molar-refractivity contribution in [2.24, 2.45) is 4.99 Å². The Kier molecular flexibility index (Phi) is 9.11. The maximum absolute atomic E-state index is 11.6. The second-order valence-corrected chi connectivity index (χ2v) is 7.21. The SMILES string of the molecule is CCNC(=NCc1ccc(CN2CCCC2)cc1)NCCC(=O)OC(C)C. The molecule has 0 amide bonds. The van der Waals surface area contributed by atoms with Crippen LogP contribution in [-0.4, -0.2) is 49.1 Å². The summed E-state index contributed by atoms with van der Waals surface area (Å²) in [5.41, 5.74) is 2.54. The molecule has 0 aliphatic carbocycles. The summed E-state index contributed by atoms with van der Waals surface area (Å²) in [6, 6.07) is 8.70. The second-order valence-electron chi connectivity index (χ2n) is 7.21. The third-order valence-electron chi connectivity index (χ3n) is 4.38. The second kappa shape index (κ2) is 11.6. The Morgan fingerprint density at radius 2 is 1.81 bits per heavy atom. The first-order chi connectivity index (χ1) is 13.1. The van der Waals surface area contributed by atoms with Crippen molar-refractivity contribution in [1.82, 2.24) is 15.5 Å². The molecule has 150 valence electrons. The number of hydrogen-bond donors (Lipinski definition) is 2. The van der Waals surface area contributed by atoms with Gasteiger partial charge in [0.1, 0.15) is 0 Å². The van der Waals surface area contributed by atoms with E-state index in [9.17, 15) is 4.79 Å². The molecule has 0 bridgehead atoms. The van der Waals surface area contributed by atoms with Gasteiger partial charge in [-0.05, 0) is 57.8 Å². The fourth-order valence-electron chi connectivity index (χ4n) is 3.07. The number of benzene rings is 1. The van der Waals surface area contributed by atoms with Gasteiger partial charge in [0.15, 0.2) is 5.96 Å². The number of nitrogens with one attached hydrogen (secondary N) is 2. The normalized spacial score (nSPS) is 15.2. The minimum atomic E-state index is -0.193. The summed E-state index contributed by atoms with van der Waals surface area (Å²) in [4.78, 5) is 18.7. The van der Waals surface area contributed by atoms with E-state index in [1.807, 2.05) is 20.8 Å². The molecule has 0 aromatic heterocycles. The zero-order valence-corrected chi connectivity index (χ0v) is 17.0. The van der Waals surface area contributed by atoms with Gasteiger partial charge in [-0.15, -0.1) is 0 Å². The van der Waals surface area contributed by atoms with Crippen LogP contribution in [0.15, 0.2) is 29.3 Å². The molecule has 0 atom stereocenters. The molecule has 0 unspecified atom stereocenters. The van der Waals surface area contributed by atoms with E-state index in [1.54, 1.807) is 0 Å². The van der Waals surface area contributed by atoms with E-state index in [2.05, 4.69) is 44.8 Å². The third-order valence-corrected chi connectivity index (χ3v) is 4.38. The summed E-state index contributed by atoms with van der Waals surface area (Å²) in [7, 11) is 0. The number of hydrogen-bond acceptors (Lipinski definition) is 4. The number of ether oxygens (including phenoxy) is 1. The van der Waals surface area contributed by atoms with Gasteiger partial charge >= 0.3 is 5.97 Å². The van der Waals surface area contributed by atoms with Gasteiger partial charge in [-0.25, -0.2) is 4.99 Å². The number of carbonyl (C=O) groups excluding carboxylic acids is 1. The van der Waals surface area contributed by atoms with Gasteiger partial charge in [-0.2, -0.15) is 0 Å². The van der Waals surface area contributed by atoms with Crippen molar-refractivity contribution in [1.29, 1.82) is 0 Å². The average molecular weight is 375 g/mol. The van der Waals surface area contributed by atoms with E-state index in [0.29, 0.717) is 19.5 Å². The monoisotopic (exact) mass is 374 g/mol. The third kappa shape index (κ3) is 8.43. The van der Waals surface area contributed by atoms with Crippen molar-refractivity contribution >= 4 is 11.9 Å². The van der Waals surface area contributed by atoms with Crippen molar-refractivity contribution in [3.05, 3.63) is 35.4 Å². The van der Waals surface area contributed by atoms with Crippen molar-refractivity contribution < 1.29 is 9.53 Å². The Labute approximate surface area is 163 Å². The van der Waals surface area contributed by atoms with E-state index in [0.717, 1.165) is 19.0 Å². The van der Waals surface area contributed by atoms with Crippen LogP contribution in [0.25, 0.3) is 0 Å². The van der Waals surface area contributed by atoms with E-state index in [-0.39, 0.29) is 12.1 Å². The average Bonchev–Trinajstić information content (AvgIpc) is 3.13. The van der Waals surface area contributed by atoms with Gasteiger partial charge in [0.25, 0.3) is 0 Å². The molecule has 6 heteroatoms. The maximum atomic E-state index is 11.6. The molecular formula is C21H34N4O2. The fourth-order valence-corrected chi connectivity index (χ4v) is 3.07. The summed E-state index contributed by atoms with van der Waals surface area (Å²) in [5, 5.41) is 6.39. The van der Waals surface area contributed by atoms with E-state index in [4.69, 9.17) is 4.74 Å². The summed E-state index contributed by atoms with van der Waals surface area (Å²) in [6.07, 6.45) is 2.89. The zero-order chi connectivity index (χ0) is 19.5. The van der Waals surface area contributed by atoms with Crippen LogP contribution in [0.3, 0.4) is 0 Å². The number of nitrogens with zero attached hydrogens (tertiary/aromatic N) is 2. The standard InChI is InChI=1S/C21H34N4O2/c1-4-22-21(23-12-11-20(26)27-17(2)3)24-15-18-7-9-19(10-8-18)16-25-13-5-6-14-25/h7-10,17H,4-6,11-16H2,1-3H3,(H2,22,23,24). The Morgan fingerprint density at radius 3 is 2.44 bits per heavy atom. The molecule has 1 heterocycles. The minimum absolute atomic E-state index is 0.0761. The first-order valence-corrected chi connectivity index (χ1v) is 10.1. The van der Waals surface area contributed by atoms with Gasteiger partial charge in [-0.3, -0.25) is 9.69 Å². The first kappa shape index (κ1) is 21.2. The minimum Gasteiger partial charge on any atom is -0.463 e. The number of guanidine groups is 1. The number of carbonyl (C=O) groups is 1. The molecular weight excluding hydrogens is 340 g/mol. The summed E-state index contributed by atoms with van der Waals surface area (Å²) in [5.74, 6) is 0.526. The highest BCUT2D eigenvalue weighted by atomic mass is 16.5. The highest BCUT2D eigenvalue weighted by molar-refractivity contribution is 5.80. The summed E-state index contributed by atoms with van der Waals surface area (Å²) < 4.78 is 5.14. The van der Waals surface area contributed by atoms with Crippen LogP contribution in [-0.2, 0) is 22.6 Å².